The minimum atomic E-state index is -0.748. The molecule has 0 aromatic heterocycles. The lowest BCUT2D eigenvalue weighted by atomic mass is 9.77. The highest BCUT2D eigenvalue weighted by Crippen LogP contribution is 2.44. The molecule has 8 nitrogen and oxygen atoms in total. The largest absolute Gasteiger partial charge is 0.452 e. The number of nitro groups is 1. The van der Waals surface area contributed by atoms with E-state index in [1.54, 1.807) is 12.1 Å². The molecule has 1 amide bonds. The van der Waals surface area contributed by atoms with Crippen LogP contribution in [0, 0.1) is 23.0 Å². The molecule has 1 heterocycles. The highest BCUT2D eigenvalue weighted by atomic mass is 35.5. The summed E-state index contributed by atoms with van der Waals surface area (Å²) in [5.74, 6) is -1.26. The predicted molar refractivity (Wildman–Crippen MR) is 153 cm³/mol. The van der Waals surface area contributed by atoms with Crippen LogP contribution in [0.1, 0.15) is 52.4 Å². The SMILES string of the molecule is Cc1cc(C(=O)OCC(=O)N2N=C3C(=Cc4ccc(Cl)cc4)CCCC3C2c2ccc(Cl)cc2)ccc1[N+](=O)[O-]. The molecular formula is C30H25Cl2N3O5. The molecule has 1 aliphatic carbocycles. The summed E-state index contributed by atoms with van der Waals surface area (Å²) in [4.78, 5) is 36.7. The molecule has 0 bridgehead atoms. The van der Waals surface area contributed by atoms with Gasteiger partial charge < -0.3 is 4.74 Å². The van der Waals surface area contributed by atoms with Crippen LogP contribution in [0.3, 0.4) is 0 Å². The normalized spacial score (nSPS) is 19.2. The minimum absolute atomic E-state index is 0.0366. The Morgan fingerprint density at radius 2 is 1.75 bits per heavy atom. The minimum Gasteiger partial charge on any atom is -0.452 e. The molecule has 0 radical (unpaired) electrons. The van der Waals surface area contributed by atoms with Crippen LogP contribution in [-0.4, -0.2) is 34.1 Å². The second-order valence-corrected chi connectivity index (χ2v) is 10.6. The molecule has 0 spiro atoms. The first kappa shape index (κ1) is 27.6. The van der Waals surface area contributed by atoms with Crippen LogP contribution in [0.15, 0.2) is 77.4 Å². The van der Waals surface area contributed by atoms with Crippen LogP contribution >= 0.6 is 23.2 Å². The van der Waals surface area contributed by atoms with Crippen molar-refractivity contribution in [1.29, 1.82) is 0 Å². The van der Waals surface area contributed by atoms with Gasteiger partial charge in [0.1, 0.15) is 0 Å². The van der Waals surface area contributed by atoms with E-state index in [1.165, 1.54) is 30.1 Å². The average molecular weight is 578 g/mol. The van der Waals surface area contributed by atoms with Crippen LogP contribution in [0.4, 0.5) is 5.69 Å². The summed E-state index contributed by atoms with van der Waals surface area (Å²) in [5.41, 5.74) is 4.10. The first-order valence-corrected chi connectivity index (χ1v) is 13.5. The fraction of sp³-hybridized carbons (Fsp3) is 0.233. The number of aryl methyl sites for hydroxylation is 1. The van der Waals surface area contributed by atoms with E-state index in [0.717, 1.165) is 41.7 Å². The molecular weight excluding hydrogens is 553 g/mol. The number of allylic oxidation sites excluding steroid dienone is 1. The molecule has 0 N–H and O–H groups in total. The van der Waals surface area contributed by atoms with Gasteiger partial charge in [0, 0.05) is 27.6 Å². The van der Waals surface area contributed by atoms with Crippen LogP contribution in [0.25, 0.3) is 6.08 Å². The van der Waals surface area contributed by atoms with Crippen molar-refractivity contribution in [3.05, 3.63) is 115 Å². The second-order valence-electron chi connectivity index (χ2n) is 9.77. The van der Waals surface area contributed by atoms with E-state index < -0.39 is 23.4 Å². The van der Waals surface area contributed by atoms with Crippen molar-refractivity contribution < 1.29 is 19.2 Å². The fourth-order valence-electron chi connectivity index (χ4n) is 5.22. The van der Waals surface area contributed by atoms with Gasteiger partial charge in [-0.15, -0.1) is 0 Å². The Morgan fingerprint density at radius 1 is 1.07 bits per heavy atom. The van der Waals surface area contributed by atoms with Crippen LogP contribution in [0.5, 0.6) is 0 Å². The van der Waals surface area contributed by atoms with Crippen molar-refractivity contribution in [3.63, 3.8) is 0 Å². The maximum absolute atomic E-state index is 13.5. The lowest BCUT2D eigenvalue weighted by Crippen LogP contribution is -2.34. The van der Waals surface area contributed by atoms with Crippen LogP contribution in [-0.2, 0) is 9.53 Å². The summed E-state index contributed by atoms with van der Waals surface area (Å²) < 4.78 is 5.33. The van der Waals surface area contributed by atoms with Gasteiger partial charge in [0.25, 0.3) is 11.6 Å². The Labute approximate surface area is 241 Å². The van der Waals surface area contributed by atoms with E-state index in [0.29, 0.717) is 15.6 Å². The Hall–Kier alpha value is -4.01. The molecule has 204 valence electrons. The highest BCUT2D eigenvalue weighted by Gasteiger charge is 2.43. The van der Waals surface area contributed by atoms with Gasteiger partial charge in [-0.25, -0.2) is 9.80 Å². The number of ether oxygens (including phenoxy) is 1. The zero-order valence-corrected chi connectivity index (χ0v) is 23.1. The number of rotatable bonds is 6. The quantitative estimate of drug-likeness (QED) is 0.175. The summed E-state index contributed by atoms with van der Waals surface area (Å²) >= 11 is 12.2. The number of hydrogen-bond donors (Lipinski definition) is 0. The lowest BCUT2D eigenvalue weighted by molar-refractivity contribution is -0.385. The number of carbonyl (C=O) groups excluding carboxylic acids is 2. The zero-order valence-electron chi connectivity index (χ0n) is 21.6. The highest BCUT2D eigenvalue weighted by molar-refractivity contribution is 6.30. The molecule has 2 atom stereocenters. The molecule has 1 aliphatic heterocycles. The number of nitro benzene ring substituents is 1. The van der Waals surface area contributed by atoms with Crippen molar-refractivity contribution in [3.8, 4) is 0 Å². The van der Waals surface area contributed by atoms with Crippen LogP contribution in [0.2, 0.25) is 10.0 Å². The van der Waals surface area contributed by atoms with E-state index >= 15 is 0 Å². The topological polar surface area (TPSA) is 102 Å². The van der Waals surface area contributed by atoms with Gasteiger partial charge in [-0.3, -0.25) is 14.9 Å². The molecule has 3 aromatic rings. The first-order chi connectivity index (χ1) is 19.2. The molecule has 40 heavy (non-hydrogen) atoms. The molecule has 1 saturated carbocycles. The van der Waals surface area contributed by atoms with Gasteiger partial charge in [0.05, 0.1) is 22.2 Å². The third kappa shape index (κ3) is 5.78. The van der Waals surface area contributed by atoms with Crippen molar-refractivity contribution >= 4 is 52.6 Å². The van der Waals surface area contributed by atoms with Crippen molar-refractivity contribution in [2.75, 3.05) is 6.61 Å². The van der Waals surface area contributed by atoms with Gasteiger partial charge in [0.15, 0.2) is 6.61 Å². The first-order valence-electron chi connectivity index (χ1n) is 12.8. The number of nitrogens with zero attached hydrogens (tertiary/aromatic N) is 3. The smallest absolute Gasteiger partial charge is 0.338 e. The van der Waals surface area contributed by atoms with E-state index in [-0.39, 0.29) is 23.2 Å². The van der Waals surface area contributed by atoms with Crippen molar-refractivity contribution in [2.24, 2.45) is 11.0 Å². The van der Waals surface area contributed by atoms with E-state index in [2.05, 4.69) is 6.08 Å². The second kappa shape index (κ2) is 11.6. The Bertz CT molecular complexity index is 1530. The molecule has 5 rings (SSSR count). The fourth-order valence-corrected chi connectivity index (χ4v) is 5.48. The molecule has 0 saturated heterocycles. The third-order valence-electron chi connectivity index (χ3n) is 7.14. The van der Waals surface area contributed by atoms with Gasteiger partial charge in [0.2, 0.25) is 0 Å². The number of fused-ring (bicyclic) bond motifs is 1. The van der Waals surface area contributed by atoms with E-state index in [1.807, 2.05) is 36.4 Å². The van der Waals surface area contributed by atoms with Crippen LogP contribution < -0.4 is 0 Å². The third-order valence-corrected chi connectivity index (χ3v) is 7.64. The Morgan fingerprint density at radius 3 is 2.40 bits per heavy atom. The predicted octanol–water partition coefficient (Wildman–Crippen LogP) is 7.19. The Balaban J connectivity index is 1.41. The van der Waals surface area contributed by atoms with Gasteiger partial charge in [-0.05, 0) is 85.4 Å². The maximum Gasteiger partial charge on any atom is 0.338 e. The maximum atomic E-state index is 13.5. The van der Waals surface area contributed by atoms with Gasteiger partial charge in [-0.2, -0.15) is 5.10 Å². The summed E-state index contributed by atoms with van der Waals surface area (Å²) in [5, 5.41) is 18.5. The Kier molecular flexibility index (Phi) is 8.00. The average Bonchev–Trinajstić information content (AvgIpc) is 3.33. The molecule has 3 aromatic carbocycles. The number of hydrazone groups is 1. The summed E-state index contributed by atoms with van der Waals surface area (Å²) in [7, 11) is 0. The van der Waals surface area contributed by atoms with E-state index in [4.69, 9.17) is 33.0 Å². The van der Waals surface area contributed by atoms with Gasteiger partial charge in [-0.1, -0.05) is 47.5 Å². The summed E-state index contributed by atoms with van der Waals surface area (Å²) in [6, 6.07) is 18.4. The molecule has 2 aliphatic rings. The number of amides is 1. The standard InChI is InChI=1S/C30H25Cl2N3O5/c1-18-15-22(9-14-26(18)35(38)39)30(37)40-17-27(36)34-29(20-7-12-24(32)13-8-20)25-4-2-3-21(28(25)33-34)16-19-5-10-23(31)11-6-19/h5-16,25,29H,2-4,17H2,1H3. The summed E-state index contributed by atoms with van der Waals surface area (Å²) in [6.45, 7) is 1.01. The number of halogens is 2. The number of esters is 1. The zero-order chi connectivity index (χ0) is 28.4. The number of benzene rings is 3. The number of hydrogen-bond acceptors (Lipinski definition) is 6. The molecule has 10 heteroatoms. The van der Waals surface area contributed by atoms with Crippen molar-refractivity contribution in [2.45, 2.75) is 32.2 Å². The molecule has 1 fully saturated rings. The molecule has 2 unspecified atom stereocenters. The lowest BCUT2D eigenvalue weighted by Gasteiger charge is -2.29. The monoisotopic (exact) mass is 577 g/mol. The summed E-state index contributed by atoms with van der Waals surface area (Å²) in [6.07, 6.45) is 4.67. The van der Waals surface area contributed by atoms with E-state index in [9.17, 15) is 19.7 Å². The van der Waals surface area contributed by atoms with Crippen molar-refractivity contribution in [1.82, 2.24) is 5.01 Å². The van der Waals surface area contributed by atoms with Gasteiger partial charge >= 0.3 is 5.97 Å². The number of carbonyl (C=O) groups is 2.